The Labute approximate surface area is 244 Å². The summed E-state index contributed by atoms with van der Waals surface area (Å²) < 4.78 is 57.0. The monoisotopic (exact) mass is 604 g/mol. The van der Waals surface area contributed by atoms with E-state index in [0.717, 1.165) is 31.4 Å². The van der Waals surface area contributed by atoms with Gasteiger partial charge < -0.3 is 19.1 Å². The number of nitrogens with one attached hydrogen (secondary N) is 1. The van der Waals surface area contributed by atoms with E-state index >= 15 is 0 Å². The van der Waals surface area contributed by atoms with Gasteiger partial charge in [0.2, 0.25) is 5.88 Å². The van der Waals surface area contributed by atoms with Crippen LogP contribution in [0.5, 0.6) is 5.88 Å². The fourth-order valence-electron chi connectivity index (χ4n) is 5.35. The molecule has 3 aliphatic heterocycles. The van der Waals surface area contributed by atoms with Crippen LogP contribution in [0.4, 0.5) is 35.3 Å². The van der Waals surface area contributed by atoms with E-state index in [2.05, 4.69) is 25.2 Å². The molecule has 10 nitrogen and oxygen atoms in total. The predicted molar refractivity (Wildman–Crippen MR) is 149 cm³/mol. The number of carbonyl (C=O) groups is 1. The van der Waals surface area contributed by atoms with E-state index in [1.807, 2.05) is 0 Å². The Balaban J connectivity index is 1.19. The van der Waals surface area contributed by atoms with Gasteiger partial charge in [-0.1, -0.05) is 23.7 Å². The summed E-state index contributed by atoms with van der Waals surface area (Å²) in [6, 6.07) is 5.73. The third-order valence-electron chi connectivity index (χ3n) is 7.34. The third-order valence-corrected chi connectivity index (χ3v) is 7.63. The second-order valence-corrected chi connectivity index (χ2v) is 10.6. The summed E-state index contributed by atoms with van der Waals surface area (Å²) in [5.41, 5.74) is 0.159. The van der Waals surface area contributed by atoms with Crippen LogP contribution in [0.3, 0.4) is 0 Å². The number of anilines is 3. The fraction of sp³-hybridized carbons (Fsp3) is 0.429. The Hall–Kier alpha value is -3.68. The Bertz CT molecular complexity index is 1460. The highest BCUT2D eigenvalue weighted by Crippen LogP contribution is 2.43. The van der Waals surface area contributed by atoms with Crippen molar-refractivity contribution < 1.29 is 32.2 Å². The van der Waals surface area contributed by atoms with Gasteiger partial charge in [-0.15, -0.1) is 0 Å². The molecule has 2 atom stereocenters. The lowest BCUT2D eigenvalue weighted by Crippen LogP contribution is -2.48. The Kier molecular flexibility index (Phi) is 8.06. The lowest BCUT2D eigenvalue weighted by atomic mass is 10.1. The molecule has 0 radical (unpaired) electrons. The van der Waals surface area contributed by atoms with Gasteiger partial charge in [0.25, 0.3) is 0 Å². The SMILES string of the molecule is O=C(Nc1cncc(OCCOC2CCCCO2)n1)N1c2nc(-c3cccc(C(F)(F)F)c3)c(Cl)cc2N2CC[C@H]1C2. The van der Waals surface area contributed by atoms with Crippen molar-refractivity contribution in [2.75, 3.05) is 48.0 Å². The zero-order valence-corrected chi connectivity index (χ0v) is 23.2. The molecular formula is C28H28ClF3N6O4. The maximum Gasteiger partial charge on any atom is 0.416 e. The van der Waals surface area contributed by atoms with Crippen molar-refractivity contribution in [2.45, 2.75) is 44.2 Å². The zero-order valence-electron chi connectivity index (χ0n) is 22.4. The van der Waals surface area contributed by atoms with Gasteiger partial charge in [0.1, 0.15) is 6.61 Å². The van der Waals surface area contributed by atoms with Crippen LogP contribution in [0, 0.1) is 0 Å². The quantitative estimate of drug-likeness (QED) is 0.340. The Morgan fingerprint density at radius 3 is 2.83 bits per heavy atom. The van der Waals surface area contributed by atoms with Crippen LogP contribution in [0.1, 0.15) is 31.2 Å². The molecule has 2 amide bonds. The minimum absolute atomic E-state index is 0.151. The number of alkyl halides is 3. The van der Waals surface area contributed by atoms with Crippen LogP contribution in [0.2, 0.25) is 5.02 Å². The highest BCUT2D eigenvalue weighted by Gasteiger charge is 2.41. The number of amides is 2. The zero-order chi connectivity index (χ0) is 29.3. The van der Waals surface area contributed by atoms with E-state index in [9.17, 15) is 18.0 Å². The summed E-state index contributed by atoms with van der Waals surface area (Å²) in [4.78, 5) is 30.3. The Morgan fingerprint density at radius 2 is 2.02 bits per heavy atom. The lowest BCUT2D eigenvalue weighted by molar-refractivity contribution is -0.165. The lowest BCUT2D eigenvalue weighted by Gasteiger charge is -2.36. The molecule has 222 valence electrons. The standard InChI is InChI=1S/C28H28ClF3N6O4/c29-20-13-21-26(36-25(20)17-4-3-5-18(12-17)28(30,31)32)38(19-7-8-37(21)16-19)27(39)35-22-14-33-15-23(34-22)40-10-11-42-24-6-1-2-9-41-24/h3-5,12-15,19,24H,1-2,6-11,16H2,(H,34,35,39)/t19-,24?/m0/s1. The van der Waals surface area contributed by atoms with Gasteiger partial charge in [-0.2, -0.15) is 18.2 Å². The van der Waals surface area contributed by atoms with Crippen LogP contribution in [-0.4, -0.2) is 66.2 Å². The molecule has 3 aliphatic rings. The van der Waals surface area contributed by atoms with Gasteiger partial charge in [-0.3, -0.25) is 15.2 Å². The van der Waals surface area contributed by atoms with Crippen molar-refractivity contribution in [3.63, 3.8) is 0 Å². The van der Waals surface area contributed by atoms with Crippen LogP contribution in [0.25, 0.3) is 11.3 Å². The van der Waals surface area contributed by atoms with Crippen LogP contribution in [0.15, 0.2) is 42.7 Å². The second kappa shape index (κ2) is 11.9. The molecule has 5 heterocycles. The van der Waals surface area contributed by atoms with Crippen molar-refractivity contribution in [1.29, 1.82) is 0 Å². The van der Waals surface area contributed by atoms with Gasteiger partial charge >= 0.3 is 12.2 Å². The number of ether oxygens (including phenoxy) is 3. The smallest absolute Gasteiger partial charge is 0.416 e. The molecule has 3 aromatic rings. The van der Waals surface area contributed by atoms with Crippen LogP contribution >= 0.6 is 11.6 Å². The van der Waals surface area contributed by atoms with E-state index < -0.39 is 17.8 Å². The highest BCUT2D eigenvalue weighted by atomic mass is 35.5. The fourth-order valence-corrected chi connectivity index (χ4v) is 5.60. The molecule has 6 rings (SSSR count). The van der Waals surface area contributed by atoms with E-state index in [-0.39, 0.29) is 46.9 Å². The minimum Gasteiger partial charge on any atom is -0.474 e. The number of carbonyl (C=O) groups excluding carboxylic acids is 1. The average molecular weight is 605 g/mol. The molecular weight excluding hydrogens is 577 g/mol. The summed E-state index contributed by atoms with van der Waals surface area (Å²) in [5.74, 6) is 0.687. The molecule has 2 aromatic heterocycles. The number of aromatic nitrogens is 3. The van der Waals surface area contributed by atoms with Gasteiger partial charge in [-0.05, 0) is 43.9 Å². The van der Waals surface area contributed by atoms with Gasteiger partial charge in [0.15, 0.2) is 17.9 Å². The minimum atomic E-state index is -4.52. The molecule has 0 saturated carbocycles. The van der Waals surface area contributed by atoms with E-state index in [4.69, 9.17) is 25.8 Å². The van der Waals surface area contributed by atoms with Gasteiger partial charge in [0.05, 0.1) is 47.0 Å². The molecule has 42 heavy (non-hydrogen) atoms. The maximum atomic E-state index is 13.6. The highest BCUT2D eigenvalue weighted by molar-refractivity contribution is 6.33. The number of fused-ring (bicyclic) bond motifs is 4. The second-order valence-electron chi connectivity index (χ2n) is 10.2. The number of pyridine rings is 1. The van der Waals surface area contributed by atoms with Crippen molar-refractivity contribution in [2.24, 2.45) is 0 Å². The number of halogens is 4. The molecule has 0 spiro atoms. The summed E-state index contributed by atoms with van der Waals surface area (Å²) in [7, 11) is 0. The van der Waals surface area contributed by atoms with E-state index in [1.54, 1.807) is 6.07 Å². The number of benzene rings is 1. The van der Waals surface area contributed by atoms with Crippen molar-refractivity contribution in [3.8, 4) is 17.1 Å². The summed E-state index contributed by atoms with van der Waals surface area (Å²) in [6.45, 7) is 2.48. The normalized spacial score (nSPS) is 19.9. The first-order valence-corrected chi connectivity index (χ1v) is 14.1. The van der Waals surface area contributed by atoms with Crippen molar-refractivity contribution in [1.82, 2.24) is 15.0 Å². The van der Waals surface area contributed by atoms with Crippen LogP contribution in [-0.2, 0) is 15.7 Å². The molecule has 2 bridgehead atoms. The van der Waals surface area contributed by atoms with E-state index in [0.29, 0.717) is 44.2 Å². The predicted octanol–water partition coefficient (Wildman–Crippen LogP) is 5.76. The first-order valence-electron chi connectivity index (χ1n) is 13.7. The number of urea groups is 1. The first-order chi connectivity index (χ1) is 20.3. The molecule has 14 heteroatoms. The van der Waals surface area contributed by atoms with E-state index in [1.165, 1.54) is 29.4 Å². The number of rotatable bonds is 7. The topological polar surface area (TPSA) is 102 Å². The first kappa shape index (κ1) is 28.4. The number of nitrogens with zero attached hydrogens (tertiary/aromatic N) is 5. The molecule has 1 unspecified atom stereocenters. The summed E-state index contributed by atoms with van der Waals surface area (Å²) in [5, 5.41) is 2.95. The number of hydrogen-bond acceptors (Lipinski definition) is 8. The largest absolute Gasteiger partial charge is 0.474 e. The molecule has 2 fully saturated rings. The summed E-state index contributed by atoms with van der Waals surface area (Å²) in [6.07, 6.45) is 1.71. The average Bonchev–Trinajstić information content (AvgIpc) is 3.40. The molecule has 2 saturated heterocycles. The third kappa shape index (κ3) is 6.08. The van der Waals surface area contributed by atoms with Gasteiger partial charge in [0, 0.05) is 25.3 Å². The van der Waals surface area contributed by atoms with Crippen molar-refractivity contribution in [3.05, 3.63) is 53.3 Å². The Morgan fingerprint density at radius 1 is 1.14 bits per heavy atom. The maximum absolute atomic E-state index is 13.6. The van der Waals surface area contributed by atoms with Crippen molar-refractivity contribution >= 4 is 35.0 Å². The van der Waals surface area contributed by atoms with Crippen LogP contribution < -0.4 is 19.9 Å². The summed E-state index contributed by atoms with van der Waals surface area (Å²) >= 11 is 6.53. The van der Waals surface area contributed by atoms with Gasteiger partial charge in [-0.25, -0.2) is 9.78 Å². The number of hydrogen-bond donors (Lipinski definition) is 1. The molecule has 1 N–H and O–H groups in total. The molecule has 0 aliphatic carbocycles. The molecule has 1 aromatic carbocycles.